The zero-order valence-corrected chi connectivity index (χ0v) is 19.8. The quantitative estimate of drug-likeness (QED) is 0.203. The number of carbonyl (C=O) groups is 1. The van der Waals surface area contributed by atoms with E-state index in [0.29, 0.717) is 18.9 Å². The smallest absolute Gasteiger partial charge is 0.326 e. The molecule has 34 heavy (non-hydrogen) atoms. The van der Waals surface area contributed by atoms with Gasteiger partial charge in [-0.1, -0.05) is 6.07 Å². The van der Waals surface area contributed by atoms with Gasteiger partial charge in [-0.15, -0.1) is 0 Å². The van der Waals surface area contributed by atoms with E-state index in [2.05, 4.69) is 39.5 Å². The van der Waals surface area contributed by atoms with Crippen molar-refractivity contribution in [1.82, 2.24) is 15.2 Å². The number of unbranched alkanes of at least 4 members (excludes halogenated alkanes) is 1. The number of hydrogen-bond acceptors (Lipinski definition) is 6. The predicted octanol–water partition coefficient (Wildman–Crippen LogP) is 3.40. The number of fused-ring (bicyclic) bond motifs is 1. The fourth-order valence-corrected chi connectivity index (χ4v) is 3.82. The molecule has 0 aromatic carbocycles. The molecule has 10 heteroatoms. The van der Waals surface area contributed by atoms with Gasteiger partial charge in [0.05, 0.1) is 0 Å². The lowest BCUT2D eigenvalue weighted by atomic mass is 10.1. The van der Waals surface area contributed by atoms with Crippen LogP contribution in [0.25, 0.3) is 0 Å². The Morgan fingerprint density at radius 2 is 2.12 bits per heavy atom. The minimum Gasteiger partial charge on any atom is -0.480 e. The molecule has 0 unspecified atom stereocenters. The Labute approximate surface area is 200 Å². The van der Waals surface area contributed by atoms with Crippen molar-refractivity contribution in [2.45, 2.75) is 57.4 Å². The summed E-state index contributed by atoms with van der Waals surface area (Å²) in [6, 6.07) is 3.30. The Bertz CT molecular complexity index is 847. The van der Waals surface area contributed by atoms with E-state index in [1.54, 1.807) is 0 Å². The van der Waals surface area contributed by atoms with Gasteiger partial charge >= 0.3 is 5.97 Å². The fourth-order valence-electron chi connectivity index (χ4n) is 3.82. The van der Waals surface area contributed by atoms with Crippen molar-refractivity contribution in [3.05, 3.63) is 35.7 Å². The van der Waals surface area contributed by atoms with Crippen molar-refractivity contribution in [2.75, 3.05) is 38.5 Å². The molecule has 1 aliphatic rings. The van der Waals surface area contributed by atoms with Crippen LogP contribution in [0.4, 0.5) is 14.6 Å². The Balaban J connectivity index is 1.86. The number of pyridine rings is 1. The van der Waals surface area contributed by atoms with Crippen LogP contribution in [-0.4, -0.2) is 79.2 Å². The largest absolute Gasteiger partial charge is 0.480 e. The molecular formula is C24H36F2N6O2. The van der Waals surface area contributed by atoms with Crippen LogP contribution in [0.3, 0.4) is 0 Å². The normalized spacial score (nSPS) is 14.8. The highest BCUT2D eigenvalue weighted by Crippen LogP contribution is 2.20. The van der Waals surface area contributed by atoms with E-state index in [9.17, 15) is 18.7 Å². The molecule has 0 saturated heterocycles. The van der Waals surface area contributed by atoms with Crippen LogP contribution in [0.2, 0.25) is 0 Å². The Kier molecular flexibility index (Phi) is 12.2. The number of aliphatic imine (C=N–C) groups is 2. The fraction of sp³-hybridized carbons (Fsp3) is 0.583. The molecule has 0 aliphatic carbocycles. The maximum Gasteiger partial charge on any atom is 0.326 e. The minimum atomic E-state index is -2.39. The Morgan fingerprint density at radius 1 is 1.32 bits per heavy atom. The van der Waals surface area contributed by atoms with Crippen molar-refractivity contribution < 1.29 is 18.7 Å². The molecule has 0 amide bonds. The summed E-state index contributed by atoms with van der Waals surface area (Å²) in [6.45, 7) is 5.52. The monoisotopic (exact) mass is 478 g/mol. The van der Waals surface area contributed by atoms with Crippen molar-refractivity contribution in [3.63, 3.8) is 0 Å². The molecule has 1 aliphatic heterocycles. The molecule has 2 rings (SSSR count). The third-order valence-corrected chi connectivity index (χ3v) is 5.71. The van der Waals surface area contributed by atoms with Crippen LogP contribution < -0.4 is 10.6 Å². The topological polar surface area (TPSA) is 102 Å². The van der Waals surface area contributed by atoms with E-state index in [-0.39, 0.29) is 19.4 Å². The molecule has 1 aromatic rings. The zero-order valence-electron chi connectivity index (χ0n) is 19.8. The van der Waals surface area contributed by atoms with Gasteiger partial charge < -0.3 is 20.6 Å². The first-order chi connectivity index (χ1) is 16.4. The maximum atomic E-state index is 12.8. The molecule has 0 fully saturated rings. The Morgan fingerprint density at radius 3 is 2.82 bits per heavy atom. The second-order valence-electron chi connectivity index (χ2n) is 8.25. The van der Waals surface area contributed by atoms with E-state index >= 15 is 0 Å². The maximum absolute atomic E-state index is 12.8. The van der Waals surface area contributed by atoms with Crippen molar-refractivity contribution in [2.24, 2.45) is 9.98 Å². The highest BCUT2D eigenvalue weighted by atomic mass is 19.3. The number of hydrogen-bond donors (Lipinski definition) is 3. The molecular weight excluding hydrogens is 442 g/mol. The Hall–Kier alpha value is -2.88. The van der Waals surface area contributed by atoms with Crippen molar-refractivity contribution in [1.29, 1.82) is 0 Å². The number of alkyl halides is 2. The number of rotatable bonds is 15. The lowest BCUT2D eigenvalue weighted by Gasteiger charge is -2.24. The molecule has 8 nitrogen and oxygen atoms in total. The zero-order chi connectivity index (χ0) is 24.8. The molecule has 1 atom stereocenters. The standard InChI is InChI=1S/C24H36F2N6O2/c1-27-14-10-22(28-2)31-20(24(33)34)11-16-32(17-12-21(25)26)15-4-3-7-19-9-8-18-6-5-13-29-23(18)30-19/h8-10,14,20-21H,1,3-7,11-13,15-17H2,2H3,(H,28,31)(H,29,30)(H,33,34)/b14-10-/t20-/m0/s1. The van der Waals surface area contributed by atoms with Gasteiger partial charge in [-0.3, -0.25) is 9.98 Å². The summed E-state index contributed by atoms with van der Waals surface area (Å²) in [5.41, 5.74) is 2.28. The van der Waals surface area contributed by atoms with E-state index in [1.165, 1.54) is 24.9 Å². The third kappa shape index (κ3) is 9.94. The summed E-state index contributed by atoms with van der Waals surface area (Å²) < 4.78 is 25.6. The molecule has 1 aromatic heterocycles. The van der Waals surface area contributed by atoms with E-state index in [0.717, 1.165) is 50.2 Å². The molecule has 0 spiro atoms. The lowest BCUT2D eigenvalue weighted by molar-refractivity contribution is -0.139. The number of nitrogens with one attached hydrogen (secondary N) is 2. The summed E-state index contributed by atoms with van der Waals surface area (Å²) in [6.07, 6.45) is 5.25. The van der Waals surface area contributed by atoms with Gasteiger partial charge in [0, 0.05) is 45.0 Å². The van der Waals surface area contributed by atoms with Crippen LogP contribution in [0.15, 0.2) is 34.4 Å². The molecule has 0 saturated carbocycles. The average Bonchev–Trinajstić information content (AvgIpc) is 2.83. The van der Waals surface area contributed by atoms with E-state index < -0.39 is 18.4 Å². The number of halogens is 2. The highest BCUT2D eigenvalue weighted by Gasteiger charge is 2.20. The number of anilines is 1. The third-order valence-electron chi connectivity index (χ3n) is 5.71. The first kappa shape index (κ1) is 27.4. The second kappa shape index (κ2) is 15.1. The molecule has 0 radical (unpaired) electrons. The van der Waals surface area contributed by atoms with Gasteiger partial charge in [0.15, 0.2) is 0 Å². The molecule has 3 N–H and O–H groups in total. The minimum absolute atomic E-state index is 0.222. The lowest BCUT2D eigenvalue weighted by Crippen LogP contribution is -2.43. The summed E-state index contributed by atoms with van der Waals surface area (Å²) >= 11 is 0. The highest BCUT2D eigenvalue weighted by molar-refractivity contribution is 5.95. The van der Waals surface area contributed by atoms with Crippen LogP contribution in [-0.2, 0) is 17.6 Å². The van der Waals surface area contributed by atoms with Gasteiger partial charge in [-0.25, -0.2) is 18.6 Å². The second-order valence-corrected chi connectivity index (χ2v) is 8.25. The average molecular weight is 479 g/mol. The predicted molar refractivity (Wildman–Crippen MR) is 132 cm³/mol. The van der Waals surface area contributed by atoms with Crippen LogP contribution in [0.1, 0.15) is 43.4 Å². The number of aromatic nitrogens is 1. The number of aryl methyl sites for hydroxylation is 2. The van der Waals surface area contributed by atoms with E-state index in [1.807, 2.05) is 4.90 Å². The van der Waals surface area contributed by atoms with E-state index in [4.69, 9.17) is 4.98 Å². The van der Waals surface area contributed by atoms with Crippen LogP contribution in [0.5, 0.6) is 0 Å². The summed E-state index contributed by atoms with van der Waals surface area (Å²) in [5.74, 6) is 0.316. The van der Waals surface area contributed by atoms with Gasteiger partial charge in [-0.2, -0.15) is 0 Å². The SMILES string of the molecule is C=N/C=C\C(=NC)N[C@@H](CCN(CCCCc1ccc2c(n1)NCCC2)CCC(F)F)C(=O)O. The number of nitrogens with zero attached hydrogens (tertiary/aromatic N) is 4. The van der Waals surface area contributed by atoms with Crippen LogP contribution >= 0.6 is 0 Å². The first-order valence-corrected chi connectivity index (χ1v) is 11.7. The molecule has 188 valence electrons. The summed E-state index contributed by atoms with van der Waals surface area (Å²) in [7, 11) is 1.54. The van der Waals surface area contributed by atoms with Crippen LogP contribution in [0, 0.1) is 0 Å². The van der Waals surface area contributed by atoms with Gasteiger partial charge in [0.25, 0.3) is 0 Å². The summed E-state index contributed by atoms with van der Waals surface area (Å²) in [4.78, 5) is 25.9. The van der Waals surface area contributed by atoms with Gasteiger partial charge in [0.2, 0.25) is 6.43 Å². The first-order valence-electron chi connectivity index (χ1n) is 11.7. The van der Waals surface area contributed by atoms with Gasteiger partial charge in [0.1, 0.15) is 17.7 Å². The summed E-state index contributed by atoms with van der Waals surface area (Å²) in [5, 5.41) is 15.8. The van der Waals surface area contributed by atoms with Crippen molar-refractivity contribution in [3.8, 4) is 0 Å². The van der Waals surface area contributed by atoms with Gasteiger partial charge in [-0.05, 0) is 69.5 Å². The number of carboxylic acids is 1. The molecule has 2 heterocycles. The van der Waals surface area contributed by atoms with Crippen molar-refractivity contribution >= 4 is 24.3 Å². The molecule has 0 bridgehead atoms. The number of aliphatic carboxylic acids is 1. The number of amidine groups is 1. The number of carboxylic acid groups (broad SMARTS) is 1.